The lowest BCUT2D eigenvalue weighted by molar-refractivity contribution is 0.237. The third-order valence-corrected chi connectivity index (χ3v) is 4.34. The molecule has 1 unspecified atom stereocenters. The molecule has 2 aromatic carbocycles. The van der Waals surface area contributed by atoms with Crippen molar-refractivity contribution in [1.82, 2.24) is 20.4 Å². The summed E-state index contributed by atoms with van der Waals surface area (Å²) in [4.78, 5) is 12.3. The number of hydrogen-bond donors (Lipinski definition) is 2. The molecule has 1 atom stereocenters. The zero-order chi connectivity index (χ0) is 19.1. The fourth-order valence-electron chi connectivity index (χ4n) is 2.81. The molecule has 0 bridgehead atoms. The number of amides is 2. The third-order valence-electron chi connectivity index (χ3n) is 4.34. The summed E-state index contributed by atoms with van der Waals surface area (Å²) in [5.41, 5.74) is 3.71. The number of urea groups is 1. The van der Waals surface area contributed by atoms with Crippen molar-refractivity contribution in [3.63, 3.8) is 0 Å². The van der Waals surface area contributed by atoms with Crippen LogP contribution in [0.4, 0.5) is 4.79 Å². The van der Waals surface area contributed by atoms with E-state index in [-0.39, 0.29) is 12.1 Å². The van der Waals surface area contributed by atoms with Crippen LogP contribution in [0.25, 0.3) is 0 Å². The predicted octanol–water partition coefficient (Wildman–Crippen LogP) is 3.36. The first kappa shape index (κ1) is 18.2. The molecule has 0 aliphatic rings. The third kappa shape index (κ3) is 4.95. The van der Waals surface area contributed by atoms with Crippen LogP contribution >= 0.6 is 0 Å². The minimum absolute atomic E-state index is 0.155. The van der Waals surface area contributed by atoms with Gasteiger partial charge in [-0.1, -0.05) is 36.4 Å². The Morgan fingerprint density at radius 3 is 2.56 bits per heavy atom. The second-order valence-corrected chi connectivity index (χ2v) is 6.25. The number of aromatic nitrogens is 2. The maximum absolute atomic E-state index is 12.3. The van der Waals surface area contributed by atoms with Crippen LogP contribution in [-0.4, -0.2) is 15.8 Å². The molecule has 3 rings (SSSR count). The van der Waals surface area contributed by atoms with Crippen LogP contribution in [0.2, 0.25) is 0 Å². The van der Waals surface area contributed by atoms with Crippen LogP contribution in [0.1, 0.15) is 35.2 Å². The largest absolute Gasteiger partial charge is 0.334 e. The average molecular weight is 359 g/mol. The number of benzene rings is 2. The quantitative estimate of drug-likeness (QED) is 0.708. The fraction of sp³-hybridized carbons (Fsp3) is 0.190. The molecule has 0 fully saturated rings. The van der Waals surface area contributed by atoms with E-state index < -0.39 is 0 Å². The summed E-state index contributed by atoms with van der Waals surface area (Å²) in [5.74, 6) is 0. The number of nitrogens with zero attached hydrogens (tertiary/aromatic N) is 3. The lowest BCUT2D eigenvalue weighted by atomic mass is 10.1. The van der Waals surface area contributed by atoms with Crippen molar-refractivity contribution in [3.05, 3.63) is 89.2 Å². The normalized spacial score (nSPS) is 11.4. The highest BCUT2D eigenvalue weighted by molar-refractivity contribution is 5.74. The van der Waals surface area contributed by atoms with E-state index in [9.17, 15) is 4.79 Å². The highest BCUT2D eigenvalue weighted by atomic mass is 16.2. The number of nitriles is 1. The Morgan fingerprint density at radius 1 is 1.15 bits per heavy atom. The molecular formula is C21H21N5O. The molecule has 2 N–H and O–H groups in total. The Morgan fingerprint density at radius 2 is 1.89 bits per heavy atom. The van der Waals surface area contributed by atoms with Crippen molar-refractivity contribution < 1.29 is 4.79 Å². The first-order valence-electron chi connectivity index (χ1n) is 8.74. The van der Waals surface area contributed by atoms with E-state index in [1.54, 1.807) is 18.3 Å². The highest BCUT2D eigenvalue weighted by Crippen LogP contribution is 2.13. The van der Waals surface area contributed by atoms with Gasteiger partial charge in [0.15, 0.2) is 0 Å². The van der Waals surface area contributed by atoms with Crippen LogP contribution in [0.3, 0.4) is 0 Å². The molecule has 0 saturated heterocycles. The molecule has 1 heterocycles. The van der Waals surface area contributed by atoms with Crippen molar-refractivity contribution in [2.24, 2.45) is 0 Å². The standard InChI is InChI=1S/C21H21N5O/c1-16(18-9-7-17(13-22)8-10-18)25-21(27)23-14-19-5-2-3-6-20(19)15-26-12-4-11-24-26/h2-12,16H,14-15H2,1H3,(H2,23,25,27). The number of carbonyl (C=O) groups is 1. The summed E-state index contributed by atoms with van der Waals surface area (Å²) in [7, 11) is 0. The van der Waals surface area contributed by atoms with E-state index in [0.717, 1.165) is 16.7 Å². The van der Waals surface area contributed by atoms with Gasteiger partial charge in [0.1, 0.15) is 0 Å². The van der Waals surface area contributed by atoms with Crippen molar-refractivity contribution in [1.29, 1.82) is 5.26 Å². The van der Waals surface area contributed by atoms with Gasteiger partial charge in [0, 0.05) is 18.9 Å². The topological polar surface area (TPSA) is 82.7 Å². The molecule has 1 aromatic heterocycles. The molecule has 0 aliphatic heterocycles. The maximum atomic E-state index is 12.3. The Labute approximate surface area is 158 Å². The summed E-state index contributed by atoms with van der Waals surface area (Å²) in [6.45, 7) is 3.00. The van der Waals surface area contributed by atoms with Gasteiger partial charge in [0.05, 0.1) is 24.2 Å². The van der Waals surface area contributed by atoms with Gasteiger partial charge in [-0.15, -0.1) is 0 Å². The van der Waals surface area contributed by atoms with Crippen molar-refractivity contribution in [2.75, 3.05) is 0 Å². The summed E-state index contributed by atoms with van der Waals surface area (Å²) in [6, 6.07) is 18.8. The van der Waals surface area contributed by atoms with Gasteiger partial charge in [-0.05, 0) is 41.8 Å². The van der Waals surface area contributed by atoms with Crippen molar-refractivity contribution in [2.45, 2.75) is 26.1 Å². The molecule has 6 nitrogen and oxygen atoms in total. The Balaban J connectivity index is 1.56. The molecule has 0 saturated carbocycles. The summed E-state index contributed by atoms with van der Waals surface area (Å²) in [6.07, 6.45) is 3.66. The monoisotopic (exact) mass is 359 g/mol. The van der Waals surface area contributed by atoms with E-state index in [0.29, 0.717) is 18.7 Å². The van der Waals surface area contributed by atoms with Crippen LogP contribution in [0.5, 0.6) is 0 Å². The number of nitrogens with one attached hydrogen (secondary N) is 2. The molecule has 136 valence electrons. The van der Waals surface area contributed by atoms with Gasteiger partial charge in [-0.25, -0.2) is 4.79 Å². The number of rotatable bonds is 6. The van der Waals surface area contributed by atoms with E-state index in [1.165, 1.54) is 0 Å². The van der Waals surface area contributed by atoms with Gasteiger partial charge in [-0.2, -0.15) is 10.4 Å². The zero-order valence-electron chi connectivity index (χ0n) is 15.1. The Bertz CT molecular complexity index is 926. The van der Waals surface area contributed by atoms with E-state index in [2.05, 4.69) is 21.8 Å². The zero-order valence-corrected chi connectivity index (χ0v) is 15.1. The van der Waals surface area contributed by atoms with E-state index in [1.807, 2.05) is 60.3 Å². The summed E-state index contributed by atoms with van der Waals surface area (Å²) in [5, 5.41) is 18.9. The average Bonchev–Trinajstić information content (AvgIpc) is 3.20. The molecular weight excluding hydrogens is 338 g/mol. The molecule has 0 radical (unpaired) electrons. The molecule has 0 spiro atoms. The van der Waals surface area contributed by atoms with Crippen LogP contribution in [0, 0.1) is 11.3 Å². The second-order valence-electron chi connectivity index (χ2n) is 6.25. The summed E-state index contributed by atoms with van der Waals surface area (Å²) < 4.78 is 1.85. The van der Waals surface area contributed by atoms with Gasteiger partial charge in [-0.3, -0.25) is 4.68 Å². The molecule has 0 aliphatic carbocycles. The maximum Gasteiger partial charge on any atom is 0.315 e. The van der Waals surface area contributed by atoms with Crippen LogP contribution < -0.4 is 10.6 Å². The highest BCUT2D eigenvalue weighted by Gasteiger charge is 2.10. The van der Waals surface area contributed by atoms with E-state index >= 15 is 0 Å². The molecule has 3 aromatic rings. The first-order valence-corrected chi connectivity index (χ1v) is 8.74. The first-order chi connectivity index (χ1) is 13.2. The van der Waals surface area contributed by atoms with Gasteiger partial charge in [0.2, 0.25) is 0 Å². The minimum Gasteiger partial charge on any atom is -0.334 e. The van der Waals surface area contributed by atoms with Crippen molar-refractivity contribution in [3.8, 4) is 6.07 Å². The molecule has 2 amide bonds. The van der Waals surface area contributed by atoms with Crippen LogP contribution in [0.15, 0.2) is 67.0 Å². The Kier molecular flexibility index (Phi) is 5.85. The lowest BCUT2D eigenvalue weighted by Gasteiger charge is -2.16. The smallest absolute Gasteiger partial charge is 0.315 e. The number of carbonyl (C=O) groups excluding carboxylic acids is 1. The molecule has 27 heavy (non-hydrogen) atoms. The molecule has 6 heteroatoms. The van der Waals surface area contributed by atoms with Crippen LogP contribution in [-0.2, 0) is 13.1 Å². The number of hydrogen-bond acceptors (Lipinski definition) is 3. The Hall–Kier alpha value is -3.59. The van der Waals surface area contributed by atoms with Gasteiger partial charge in [0.25, 0.3) is 0 Å². The van der Waals surface area contributed by atoms with Gasteiger partial charge < -0.3 is 10.6 Å². The SMILES string of the molecule is CC(NC(=O)NCc1ccccc1Cn1cccn1)c1ccc(C#N)cc1. The minimum atomic E-state index is -0.235. The van der Waals surface area contributed by atoms with E-state index in [4.69, 9.17) is 5.26 Å². The predicted molar refractivity (Wildman–Crippen MR) is 103 cm³/mol. The summed E-state index contributed by atoms with van der Waals surface area (Å²) >= 11 is 0. The lowest BCUT2D eigenvalue weighted by Crippen LogP contribution is -2.36. The second kappa shape index (κ2) is 8.68. The van der Waals surface area contributed by atoms with Gasteiger partial charge >= 0.3 is 6.03 Å². The fourth-order valence-corrected chi connectivity index (χ4v) is 2.81. The van der Waals surface area contributed by atoms with Crippen molar-refractivity contribution >= 4 is 6.03 Å².